The van der Waals surface area contributed by atoms with E-state index in [-0.39, 0.29) is 11.5 Å². The summed E-state index contributed by atoms with van der Waals surface area (Å²) in [6.45, 7) is 0. The molecule has 2 heterocycles. The molecule has 0 fully saturated rings. The fraction of sp³-hybridized carbons (Fsp3) is 0.0714. The molecule has 0 unspecified atom stereocenters. The maximum atomic E-state index is 12.1. The molecule has 0 saturated carbocycles. The van der Waals surface area contributed by atoms with Crippen LogP contribution in [0.4, 0.5) is 5.69 Å². The van der Waals surface area contributed by atoms with Crippen molar-refractivity contribution >= 4 is 17.6 Å². The van der Waals surface area contributed by atoms with Crippen molar-refractivity contribution in [2.45, 2.75) is 0 Å². The number of rotatable bonds is 4. The number of methoxy groups -OCH3 is 1. The average molecular weight is 313 g/mol. The standard InChI is InChI=1S/C14H11N5O4/c1-22-14(21)11-6-5-10(23-11)13(20)15-9-4-2-3-8(7-9)12-16-18-19-17-12/h2-7H,1H3,(H,15,20)(H,16,17,18,19). The van der Waals surface area contributed by atoms with Crippen molar-refractivity contribution in [3.8, 4) is 11.4 Å². The summed E-state index contributed by atoms with van der Waals surface area (Å²) in [6.07, 6.45) is 0. The fourth-order valence-electron chi connectivity index (χ4n) is 1.88. The zero-order valence-corrected chi connectivity index (χ0v) is 11.9. The van der Waals surface area contributed by atoms with Crippen molar-refractivity contribution in [1.29, 1.82) is 0 Å². The van der Waals surface area contributed by atoms with E-state index in [9.17, 15) is 9.59 Å². The molecule has 2 N–H and O–H groups in total. The van der Waals surface area contributed by atoms with Crippen LogP contribution >= 0.6 is 0 Å². The zero-order valence-electron chi connectivity index (χ0n) is 11.9. The largest absolute Gasteiger partial charge is 0.463 e. The van der Waals surface area contributed by atoms with Gasteiger partial charge < -0.3 is 14.5 Å². The van der Waals surface area contributed by atoms with Crippen molar-refractivity contribution in [1.82, 2.24) is 20.6 Å². The number of nitrogens with zero attached hydrogens (tertiary/aromatic N) is 3. The lowest BCUT2D eigenvalue weighted by Gasteiger charge is -2.04. The number of H-pyrrole nitrogens is 1. The highest BCUT2D eigenvalue weighted by molar-refractivity contribution is 6.03. The van der Waals surface area contributed by atoms with Gasteiger partial charge in [-0.05, 0) is 29.5 Å². The molecule has 1 aromatic carbocycles. The first-order chi connectivity index (χ1) is 11.2. The second-order valence-electron chi connectivity index (χ2n) is 4.43. The number of carbonyl (C=O) groups is 2. The molecule has 9 heteroatoms. The van der Waals surface area contributed by atoms with Crippen LogP contribution in [0.15, 0.2) is 40.8 Å². The Balaban J connectivity index is 1.76. The minimum Gasteiger partial charge on any atom is -0.463 e. The van der Waals surface area contributed by atoms with Crippen LogP contribution in [0.2, 0.25) is 0 Å². The summed E-state index contributed by atoms with van der Waals surface area (Å²) in [5.41, 5.74) is 1.21. The number of amides is 1. The van der Waals surface area contributed by atoms with Crippen LogP contribution < -0.4 is 5.32 Å². The summed E-state index contributed by atoms with van der Waals surface area (Å²) < 4.78 is 9.66. The minimum absolute atomic E-state index is 0.00429. The van der Waals surface area contributed by atoms with Gasteiger partial charge in [-0.3, -0.25) is 4.79 Å². The molecule has 23 heavy (non-hydrogen) atoms. The highest BCUT2D eigenvalue weighted by atomic mass is 16.5. The van der Waals surface area contributed by atoms with E-state index in [1.165, 1.54) is 19.2 Å². The van der Waals surface area contributed by atoms with Gasteiger partial charge in [0.25, 0.3) is 5.91 Å². The number of esters is 1. The number of anilines is 1. The van der Waals surface area contributed by atoms with Crippen molar-refractivity contribution in [3.63, 3.8) is 0 Å². The van der Waals surface area contributed by atoms with Gasteiger partial charge in [-0.1, -0.05) is 12.1 Å². The maximum Gasteiger partial charge on any atom is 0.373 e. The molecule has 0 aliphatic rings. The molecule has 3 aromatic rings. The van der Waals surface area contributed by atoms with E-state index in [2.05, 4.69) is 30.7 Å². The number of hydrogen-bond acceptors (Lipinski definition) is 7. The van der Waals surface area contributed by atoms with Gasteiger partial charge >= 0.3 is 5.97 Å². The van der Waals surface area contributed by atoms with E-state index in [4.69, 9.17) is 4.42 Å². The molecule has 1 amide bonds. The zero-order chi connectivity index (χ0) is 16.2. The Morgan fingerprint density at radius 1 is 1.22 bits per heavy atom. The lowest BCUT2D eigenvalue weighted by molar-refractivity contribution is 0.0563. The van der Waals surface area contributed by atoms with Gasteiger partial charge in [0, 0.05) is 11.3 Å². The summed E-state index contributed by atoms with van der Waals surface area (Å²) in [6, 6.07) is 9.67. The Bertz CT molecular complexity index is 840. The molecule has 0 atom stereocenters. The van der Waals surface area contributed by atoms with E-state index >= 15 is 0 Å². The first kappa shape index (κ1) is 14.4. The van der Waals surface area contributed by atoms with Gasteiger partial charge in [-0.2, -0.15) is 5.21 Å². The molecule has 116 valence electrons. The summed E-state index contributed by atoms with van der Waals surface area (Å²) in [4.78, 5) is 23.4. The van der Waals surface area contributed by atoms with Crippen LogP contribution in [0.3, 0.4) is 0 Å². The van der Waals surface area contributed by atoms with E-state index in [0.29, 0.717) is 17.1 Å². The number of benzene rings is 1. The first-order valence-corrected chi connectivity index (χ1v) is 6.51. The first-order valence-electron chi connectivity index (χ1n) is 6.51. The molecule has 0 saturated heterocycles. The van der Waals surface area contributed by atoms with Crippen LogP contribution in [0.1, 0.15) is 21.1 Å². The van der Waals surface area contributed by atoms with Gasteiger partial charge in [-0.25, -0.2) is 4.79 Å². The molecule has 0 bridgehead atoms. The molecular weight excluding hydrogens is 302 g/mol. The maximum absolute atomic E-state index is 12.1. The number of aromatic nitrogens is 4. The third kappa shape index (κ3) is 3.07. The summed E-state index contributed by atoms with van der Waals surface area (Å²) in [5, 5.41) is 16.2. The lowest BCUT2D eigenvalue weighted by Crippen LogP contribution is -2.11. The van der Waals surface area contributed by atoms with Gasteiger partial charge in [0.2, 0.25) is 11.6 Å². The molecule has 0 spiro atoms. The van der Waals surface area contributed by atoms with Crippen molar-refractivity contribution in [3.05, 3.63) is 47.9 Å². The van der Waals surface area contributed by atoms with Crippen LogP contribution in [0.25, 0.3) is 11.4 Å². The van der Waals surface area contributed by atoms with E-state index in [1.54, 1.807) is 24.3 Å². The number of tetrazole rings is 1. The smallest absolute Gasteiger partial charge is 0.373 e. The van der Waals surface area contributed by atoms with Crippen LogP contribution in [-0.2, 0) is 4.74 Å². The second-order valence-corrected chi connectivity index (χ2v) is 4.43. The molecule has 0 aliphatic carbocycles. The topological polar surface area (TPSA) is 123 Å². The predicted octanol–water partition coefficient (Wildman–Crippen LogP) is 1.50. The van der Waals surface area contributed by atoms with E-state index in [1.807, 2.05) is 0 Å². The van der Waals surface area contributed by atoms with Crippen molar-refractivity contribution in [2.24, 2.45) is 0 Å². The quantitative estimate of drug-likeness (QED) is 0.699. The minimum atomic E-state index is -0.650. The summed E-state index contributed by atoms with van der Waals surface area (Å²) in [7, 11) is 1.23. The van der Waals surface area contributed by atoms with Crippen molar-refractivity contribution in [2.75, 3.05) is 12.4 Å². The summed E-state index contributed by atoms with van der Waals surface area (Å²) in [5.74, 6) is -0.783. The monoisotopic (exact) mass is 313 g/mol. The Morgan fingerprint density at radius 2 is 2.04 bits per heavy atom. The molecule has 3 rings (SSSR count). The molecular formula is C14H11N5O4. The van der Waals surface area contributed by atoms with Crippen LogP contribution in [-0.4, -0.2) is 39.6 Å². The Kier molecular flexibility index (Phi) is 3.83. The molecule has 0 aliphatic heterocycles. The highest BCUT2D eigenvalue weighted by Gasteiger charge is 2.16. The van der Waals surface area contributed by atoms with Gasteiger partial charge in [0.1, 0.15) is 0 Å². The lowest BCUT2D eigenvalue weighted by atomic mass is 10.2. The number of furan rings is 1. The number of hydrogen-bond donors (Lipinski definition) is 2. The molecule has 2 aromatic heterocycles. The van der Waals surface area contributed by atoms with Gasteiger partial charge in [0.15, 0.2) is 5.76 Å². The van der Waals surface area contributed by atoms with Gasteiger partial charge in [0.05, 0.1) is 7.11 Å². The van der Waals surface area contributed by atoms with Crippen LogP contribution in [0.5, 0.6) is 0 Å². The normalized spacial score (nSPS) is 10.3. The fourth-order valence-corrected chi connectivity index (χ4v) is 1.88. The summed E-state index contributed by atoms with van der Waals surface area (Å²) >= 11 is 0. The number of carbonyl (C=O) groups excluding carboxylic acids is 2. The second kappa shape index (κ2) is 6.10. The van der Waals surface area contributed by atoms with Crippen molar-refractivity contribution < 1.29 is 18.7 Å². The third-order valence-corrected chi connectivity index (χ3v) is 2.94. The highest BCUT2D eigenvalue weighted by Crippen LogP contribution is 2.19. The number of aromatic amines is 1. The van der Waals surface area contributed by atoms with E-state index in [0.717, 1.165) is 0 Å². The Hall–Kier alpha value is -3.49. The number of ether oxygens (including phenoxy) is 1. The SMILES string of the molecule is COC(=O)c1ccc(C(=O)Nc2cccc(-c3nn[nH]n3)c2)o1. The Labute approximate surface area is 129 Å². The molecule has 9 nitrogen and oxygen atoms in total. The number of nitrogens with one attached hydrogen (secondary N) is 2. The average Bonchev–Trinajstić information content (AvgIpc) is 3.26. The van der Waals surface area contributed by atoms with Gasteiger partial charge in [-0.15, -0.1) is 10.2 Å². The molecule has 0 radical (unpaired) electrons. The van der Waals surface area contributed by atoms with Crippen LogP contribution in [0, 0.1) is 0 Å². The third-order valence-electron chi connectivity index (χ3n) is 2.94. The predicted molar refractivity (Wildman–Crippen MR) is 77.6 cm³/mol. The van der Waals surface area contributed by atoms with E-state index < -0.39 is 11.9 Å². The Morgan fingerprint density at radius 3 is 2.78 bits per heavy atom.